The van der Waals surface area contributed by atoms with E-state index in [0.717, 1.165) is 64.2 Å². The van der Waals surface area contributed by atoms with Gasteiger partial charge in [-0.15, -0.1) is 0 Å². The molecule has 3 fully saturated rings. The third-order valence-corrected chi connectivity index (χ3v) is 9.80. The smallest absolute Gasteiger partial charge is 0.357 e. The Hall–Kier alpha value is -0.910. The number of rotatable bonds is 9. The SMILES string of the molecule is C=C(C)C(=O)OC(OC1CCCCCCCCC1)(OC1CCCCCCCCC1)C(C)OC1CCCCCCCCC1. The molecule has 1 unspecified atom stereocenters. The summed E-state index contributed by atoms with van der Waals surface area (Å²) in [6, 6.07) is 0. The van der Waals surface area contributed by atoms with Gasteiger partial charge in [-0.05, 0) is 52.4 Å². The quantitative estimate of drug-likeness (QED) is 0.152. The molecule has 0 aliphatic heterocycles. The van der Waals surface area contributed by atoms with E-state index in [4.69, 9.17) is 18.9 Å². The number of hydrogen-bond acceptors (Lipinski definition) is 5. The van der Waals surface area contributed by atoms with Crippen LogP contribution in [0.25, 0.3) is 0 Å². The Labute approximate surface area is 259 Å². The third-order valence-electron chi connectivity index (χ3n) is 9.80. The maximum Gasteiger partial charge on any atom is 0.357 e. The van der Waals surface area contributed by atoms with Crippen LogP contribution in [0.1, 0.15) is 187 Å². The summed E-state index contributed by atoms with van der Waals surface area (Å²) in [6.07, 6.45) is 31.7. The van der Waals surface area contributed by atoms with Gasteiger partial charge in [0, 0.05) is 5.57 Å². The minimum absolute atomic E-state index is 0.0179. The minimum Gasteiger partial charge on any atom is -0.402 e. The number of carbonyl (C=O) groups is 1. The molecular formula is C37H66O5. The summed E-state index contributed by atoms with van der Waals surface area (Å²) in [4.78, 5) is 13.3. The predicted octanol–water partition coefficient (Wildman–Crippen LogP) is 10.9. The predicted molar refractivity (Wildman–Crippen MR) is 172 cm³/mol. The van der Waals surface area contributed by atoms with Crippen molar-refractivity contribution in [2.24, 2.45) is 0 Å². The van der Waals surface area contributed by atoms with Crippen molar-refractivity contribution in [2.75, 3.05) is 0 Å². The van der Waals surface area contributed by atoms with E-state index < -0.39 is 18.0 Å². The maximum absolute atomic E-state index is 13.3. The fourth-order valence-corrected chi connectivity index (χ4v) is 7.09. The fourth-order valence-electron chi connectivity index (χ4n) is 7.09. The summed E-state index contributed by atoms with van der Waals surface area (Å²) in [6.45, 7) is 7.67. The Kier molecular flexibility index (Phi) is 17.7. The lowest BCUT2D eigenvalue weighted by Gasteiger charge is -2.43. The van der Waals surface area contributed by atoms with E-state index in [0.29, 0.717) is 5.57 Å². The van der Waals surface area contributed by atoms with Crippen molar-refractivity contribution in [3.05, 3.63) is 12.2 Å². The molecule has 0 saturated heterocycles. The zero-order chi connectivity index (χ0) is 29.9. The van der Waals surface area contributed by atoms with Gasteiger partial charge in [-0.3, -0.25) is 0 Å². The highest BCUT2D eigenvalue weighted by Crippen LogP contribution is 2.35. The summed E-state index contributed by atoms with van der Waals surface area (Å²) < 4.78 is 27.3. The normalized spacial score (nSPS) is 23.9. The summed E-state index contributed by atoms with van der Waals surface area (Å²) in [5.74, 6) is -2.01. The van der Waals surface area contributed by atoms with Crippen molar-refractivity contribution < 1.29 is 23.7 Å². The van der Waals surface area contributed by atoms with E-state index in [1.54, 1.807) is 6.92 Å². The molecule has 0 amide bonds. The van der Waals surface area contributed by atoms with E-state index in [9.17, 15) is 4.79 Å². The van der Waals surface area contributed by atoms with Crippen LogP contribution >= 0.6 is 0 Å². The lowest BCUT2D eigenvalue weighted by molar-refractivity contribution is -0.425. The van der Waals surface area contributed by atoms with Gasteiger partial charge in [0.2, 0.25) is 0 Å². The second-order valence-electron chi connectivity index (χ2n) is 13.8. The van der Waals surface area contributed by atoms with E-state index >= 15 is 0 Å². The molecule has 0 aromatic heterocycles. The Morgan fingerprint density at radius 1 is 0.548 bits per heavy atom. The molecule has 3 aliphatic carbocycles. The third kappa shape index (κ3) is 13.8. The van der Waals surface area contributed by atoms with Crippen LogP contribution in [0.5, 0.6) is 0 Å². The monoisotopic (exact) mass is 590 g/mol. The van der Waals surface area contributed by atoms with Crippen LogP contribution in [-0.4, -0.2) is 36.4 Å². The van der Waals surface area contributed by atoms with Gasteiger partial charge in [0.25, 0.3) is 0 Å². The first-order valence-electron chi connectivity index (χ1n) is 18.4. The molecule has 0 spiro atoms. The molecule has 0 aromatic rings. The second-order valence-corrected chi connectivity index (χ2v) is 13.8. The van der Waals surface area contributed by atoms with Gasteiger partial charge in [-0.2, -0.15) is 0 Å². The molecule has 3 saturated carbocycles. The van der Waals surface area contributed by atoms with Crippen molar-refractivity contribution in [3.63, 3.8) is 0 Å². The van der Waals surface area contributed by atoms with Gasteiger partial charge in [0.15, 0.2) is 0 Å². The first kappa shape index (κ1) is 35.6. The molecule has 244 valence electrons. The largest absolute Gasteiger partial charge is 0.402 e. The van der Waals surface area contributed by atoms with Crippen LogP contribution in [0.4, 0.5) is 0 Å². The van der Waals surface area contributed by atoms with Crippen molar-refractivity contribution in [1.29, 1.82) is 0 Å². The Balaban J connectivity index is 1.89. The molecule has 0 aromatic carbocycles. The second kappa shape index (κ2) is 20.9. The van der Waals surface area contributed by atoms with Crippen LogP contribution in [0.15, 0.2) is 12.2 Å². The van der Waals surface area contributed by atoms with E-state index in [-0.39, 0.29) is 18.3 Å². The first-order chi connectivity index (χ1) is 20.5. The molecule has 42 heavy (non-hydrogen) atoms. The first-order valence-corrected chi connectivity index (χ1v) is 18.4. The standard InChI is InChI=1S/C37H66O5/c1-31(2)36(38)42-37(40-34-27-21-15-9-5-10-16-22-28-34,41-35-29-23-17-11-6-12-18-24-30-35)32(3)39-33-25-19-13-7-4-8-14-20-26-33/h32-35H,1,4-30H2,2-3H3. The molecule has 5 heteroatoms. The van der Waals surface area contributed by atoms with Gasteiger partial charge in [-0.1, -0.05) is 141 Å². The van der Waals surface area contributed by atoms with Crippen molar-refractivity contribution in [3.8, 4) is 0 Å². The van der Waals surface area contributed by atoms with Crippen molar-refractivity contribution in [1.82, 2.24) is 0 Å². The Morgan fingerprint density at radius 2 is 0.833 bits per heavy atom. The molecule has 3 rings (SSSR count). The zero-order valence-corrected chi connectivity index (χ0v) is 27.6. The average molecular weight is 591 g/mol. The Morgan fingerprint density at radius 3 is 1.14 bits per heavy atom. The average Bonchev–Trinajstić information content (AvgIpc) is 2.98. The van der Waals surface area contributed by atoms with Crippen LogP contribution in [-0.2, 0) is 23.7 Å². The van der Waals surface area contributed by atoms with E-state index in [1.807, 2.05) is 6.92 Å². The fraction of sp³-hybridized carbons (Fsp3) is 0.919. The summed E-state index contributed by atoms with van der Waals surface area (Å²) in [5.41, 5.74) is 0.370. The number of hydrogen-bond donors (Lipinski definition) is 0. The molecule has 5 nitrogen and oxygen atoms in total. The van der Waals surface area contributed by atoms with Crippen LogP contribution < -0.4 is 0 Å². The molecule has 0 radical (unpaired) electrons. The summed E-state index contributed by atoms with van der Waals surface area (Å²) in [5, 5.41) is 0. The van der Waals surface area contributed by atoms with Gasteiger partial charge in [0.05, 0.1) is 18.3 Å². The zero-order valence-electron chi connectivity index (χ0n) is 27.6. The van der Waals surface area contributed by atoms with Gasteiger partial charge in [-0.25, -0.2) is 4.79 Å². The maximum atomic E-state index is 13.3. The number of esters is 1. The van der Waals surface area contributed by atoms with Gasteiger partial charge >= 0.3 is 11.9 Å². The van der Waals surface area contributed by atoms with Crippen LogP contribution in [0, 0.1) is 0 Å². The summed E-state index contributed by atoms with van der Waals surface area (Å²) >= 11 is 0. The molecule has 0 heterocycles. The highest BCUT2D eigenvalue weighted by atomic mass is 16.9. The molecule has 0 bridgehead atoms. The van der Waals surface area contributed by atoms with Crippen LogP contribution in [0.3, 0.4) is 0 Å². The Bertz CT molecular complexity index is 678. The number of ether oxygens (including phenoxy) is 4. The molecular weight excluding hydrogens is 524 g/mol. The van der Waals surface area contributed by atoms with Crippen LogP contribution in [0.2, 0.25) is 0 Å². The van der Waals surface area contributed by atoms with Gasteiger partial charge in [0.1, 0.15) is 6.10 Å². The van der Waals surface area contributed by atoms with E-state index in [1.165, 1.54) is 109 Å². The summed E-state index contributed by atoms with van der Waals surface area (Å²) in [7, 11) is 0. The number of carbonyl (C=O) groups excluding carboxylic acids is 1. The molecule has 3 aliphatic rings. The van der Waals surface area contributed by atoms with Gasteiger partial charge < -0.3 is 18.9 Å². The highest BCUT2D eigenvalue weighted by Gasteiger charge is 2.49. The molecule has 1 atom stereocenters. The lowest BCUT2D eigenvalue weighted by atomic mass is 9.98. The minimum atomic E-state index is -1.56. The topological polar surface area (TPSA) is 54.0 Å². The van der Waals surface area contributed by atoms with Crippen molar-refractivity contribution >= 4 is 5.97 Å². The highest BCUT2D eigenvalue weighted by molar-refractivity contribution is 5.87. The molecule has 0 N–H and O–H groups in total. The van der Waals surface area contributed by atoms with Crippen molar-refractivity contribution in [2.45, 2.75) is 218 Å². The van der Waals surface area contributed by atoms with E-state index in [2.05, 4.69) is 6.58 Å². The lowest BCUT2D eigenvalue weighted by Crippen LogP contribution is -2.55.